The predicted octanol–water partition coefficient (Wildman–Crippen LogP) is 3.61. The molecule has 0 bridgehead atoms. The van der Waals surface area contributed by atoms with Crippen molar-refractivity contribution in [2.45, 2.75) is 10.4 Å². The smallest absolute Gasteiger partial charge is 0.446 e. The summed E-state index contributed by atoms with van der Waals surface area (Å²) in [5, 5.41) is 8.52. The molecule has 0 aliphatic rings. The van der Waals surface area contributed by atoms with Crippen molar-refractivity contribution < 1.29 is 22.7 Å². The molecule has 18 heavy (non-hydrogen) atoms. The number of alkyl halides is 3. The second kappa shape index (κ2) is 5.50. The summed E-state index contributed by atoms with van der Waals surface area (Å²) >= 11 is 5.18. The molecule has 0 radical (unpaired) electrons. The van der Waals surface area contributed by atoms with E-state index in [0.29, 0.717) is 0 Å². The van der Waals surface area contributed by atoms with Gasteiger partial charge in [0.15, 0.2) is 0 Å². The summed E-state index contributed by atoms with van der Waals surface area (Å²) in [5.74, 6) is -0.836. The van der Waals surface area contributed by atoms with Gasteiger partial charge in [-0.25, -0.2) is 4.79 Å². The van der Waals surface area contributed by atoms with Gasteiger partial charge in [-0.2, -0.15) is 18.4 Å². The first kappa shape index (κ1) is 14.7. The van der Waals surface area contributed by atoms with Crippen LogP contribution in [0.1, 0.15) is 15.9 Å². The Kier molecular flexibility index (Phi) is 4.48. The maximum Gasteiger partial charge on any atom is 0.446 e. The molecule has 0 spiro atoms. The first-order chi connectivity index (χ1) is 8.28. The van der Waals surface area contributed by atoms with Crippen LogP contribution in [0.5, 0.6) is 0 Å². The summed E-state index contributed by atoms with van der Waals surface area (Å²) in [4.78, 5) is 10.9. The average molecular weight is 296 g/mol. The van der Waals surface area contributed by atoms with Crippen LogP contribution in [-0.4, -0.2) is 18.6 Å². The zero-order valence-electron chi connectivity index (χ0n) is 8.84. The van der Waals surface area contributed by atoms with Crippen molar-refractivity contribution in [2.75, 3.05) is 7.11 Å². The van der Waals surface area contributed by atoms with Gasteiger partial charge in [-0.15, -0.1) is 0 Å². The molecule has 1 aromatic rings. The van der Waals surface area contributed by atoms with Gasteiger partial charge in [-0.3, -0.25) is 0 Å². The van der Waals surface area contributed by atoms with Crippen molar-refractivity contribution in [3.63, 3.8) is 0 Å². The molecule has 0 fully saturated rings. The number of methoxy groups -OCH3 is 1. The van der Waals surface area contributed by atoms with Crippen molar-refractivity contribution in [1.29, 1.82) is 5.26 Å². The number of carbonyl (C=O) groups is 1. The molecule has 0 aliphatic heterocycles. The van der Waals surface area contributed by atoms with Crippen LogP contribution < -0.4 is 0 Å². The van der Waals surface area contributed by atoms with Crippen LogP contribution in [0.4, 0.5) is 13.2 Å². The minimum absolute atomic E-state index is 0.170. The van der Waals surface area contributed by atoms with E-state index in [0.717, 1.165) is 19.2 Å². The molecule has 0 atom stereocenters. The molecule has 1 aromatic carbocycles. The monoisotopic (exact) mass is 295 g/mol. The third-order valence-corrected chi connectivity index (χ3v) is 3.04. The number of nitriles is 1. The lowest BCUT2D eigenvalue weighted by Gasteiger charge is -2.09. The largest absolute Gasteiger partial charge is 0.465 e. The highest BCUT2D eigenvalue weighted by Crippen LogP contribution is 2.41. The van der Waals surface area contributed by atoms with Crippen LogP contribution in [0.15, 0.2) is 17.0 Å². The lowest BCUT2D eigenvalue weighted by atomic mass is 10.1. The quantitative estimate of drug-likeness (QED) is 0.618. The molecule has 3 nitrogen and oxygen atoms in total. The van der Waals surface area contributed by atoms with E-state index in [1.165, 1.54) is 0 Å². The van der Waals surface area contributed by atoms with Gasteiger partial charge in [-0.05, 0) is 23.9 Å². The van der Waals surface area contributed by atoms with Gasteiger partial charge in [-0.1, -0.05) is 11.6 Å². The Balaban J connectivity index is 3.28. The van der Waals surface area contributed by atoms with Crippen LogP contribution in [-0.2, 0) is 4.74 Å². The number of carbonyl (C=O) groups excluding carboxylic acids is 1. The molecule has 8 heteroatoms. The van der Waals surface area contributed by atoms with Crippen LogP contribution >= 0.6 is 23.4 Å². The van der Waals surface area contributed by atoms with Crippen LogP contribution in [0.25, 0.3) is 0 Å². The number of nitrogens with zero attached hydrogens (tertiary/aromatic N) is 1. The minimum atomic E-state index is -4.52. The molecule has 0 N–H and O–H groups in total. The molecule has 0 amide bonds. The van der Waals surface area contributed by atoms with Crippen LogP contribution in [0.3, 0.4) is 0 Å². The van der Waals surface area contributed by atoms with Gasteiger partial charge in [0.2, 0.25) is 0 Å². The molecule has 0 unspecified atom stereocenters. The van der Waals surface area contributed by atoms with Crippen molar-refractivity contribution in [2.24, 2.45) is 0 Å². The molecule has 0 saturated heterocycles. The van der Waals surface area contributed by atoms with E-state index >= 15 is 0 Å². The van der Waals surface area contributed by atoms with E-state index in [9.17, 15) is 18.0 Å². The summed E-state index contributed by atoms with van der Waals surface area (Å²) in [6.07, 6.45) is 0. The minimum Gasteiger partial charge on any atom is -0.465 e. The molecule has 0 heterocycles. The summed E-state index contributed by atoms with van der Waals surface area (Å²) in [5.41, 5.74) is -4.92. The maximum absolute atomic E-state index is 12.2. The summed E-state index contributed by atoms with van der Waals surface area (Å²) < 4.78 is 41.0. The van der Waals surface area contributed by atoms with Gasteiger partial charge in [0, 0.05) is 4.90 Å². The fourth-order valence-corrected chi connectivity index (χ4v) is 1.99. The molecule has 1 rings (SSSR count). The zero-order chi connectivity index (χ0) is 13.9. The van der Waals surface area contributed by atoms with Crippen molar-refractivity contribution in [3.8, 4) is 6.07 Å². The zero-order valence-corrected chi connectivity index (χ0v) is 10.4. The SMILES string of the molecule is COC(=O)c1cc(Cl)c(SC(F)(F)F)cc1C#N. The highest BCUT2D eigenvalue weighted by atomic mass is 35.5. The number of benzene rings is 1. The number of hydrogen-bond donors (Lipinski definition) is 0. The Labute approximate surface area is 109 Å². The Morgan fingerprint density at radius 2 is 2.11 bits per heavy atom. The number of rotatable bonds is 2. The highest BCUT2D eigenvalue weighted by Gasteiger charge is 2.31. The summed E-state index contributed by atoms with van der Waals surface area (Å²) in [6.45, 7) is 0. The highest BCUT2D eigenvalue weighted by molar-refractivity contribution is 8.00. The fraction of sp³-hybridized carbons (Fsp3) is 0.200. The van der Waals surface area contributed by atoms with Crippen molar-refractivity contribution >= 4 is 29.3 Å². The van der Waals surface area contributed by atoms with Crippen LogP contribution in [0, 0.1) is 11.3 Å². The van der Waals surface area contributed by atoms with Gasteiger partial charge in [0.1, 0.15) is 6.07 Å². The van der Waals surface area contributed by atoms with Gasteiger partial charge in [0.05, 0.1) is 23.3 Å². The normalized spacial score (nSPS) is 10.9. The Hall–Kier alpha value is -1.39. The van der Waals surface area contributed by atoms with Gasteiger partial charge >= 0.3 is 11.5 Å². The number of thioether (sulfide) groups is 1. The van der Waals surface area contributed by atoms with E-state index in [1.807, 2.05) is 0 Å². The molecular weight excluding hydrogens is 291 g/mol. The Morgan fingerprint density at radius 3 is 2.56 bits per heavy atom. The van der Waals surface area contributed by atoms with E-state index in [4.69, 9.17) is 16.9 Å². The lowest BCUT2D eigenvalue weighted by molar-refractivity contribution is -0.0328. The van der Waals surface area contributed by atoms with Crippen molar-refractivity contribution in [3.05, 3.63) is 28.3 Å². The average Bonchev–Trinajstić information content (AvgIpc) is 2.28. The van der Waals surface area contributed by atoms with Gasteiger partial charge in [0.25, 0.3) is 0 Å². The first-order valence-corrected chi connectivity index (χ1v) is 5.55. The maximum atomic E-state index is 12.2. The van der Waals surface area contributed by atoms with Gasteiger partial charge < -0.3 is 4.74 Å². The summed E-state index contributed by atoms with van der Waals surface area (Å²) in [7, 11) is 1.09. The third-order valence-electron chi connectivity index (χ3n) is 1.82. The third kappa shape index (κ3) is 3.55. The van der Waals surface area contributed by atoms with Crippen LogP contribution in [0.2, 0.25) is 5.02 Å². The summed E-state index contributed by atoms with van der Waals surface area (Å²) in [6, 6.07) is 3.52. The van der Waals surface area contributed by atoms with E-state index in [-0.39, 0.29) is 21.0 Å². The molecule has 0 aromatic heterocycles. The number of halogens is 4. The second-order valence-electron chi connectivity index (χ2n) is 2.98. The molecule has 0 saturated carbocycles. The first-order valence-electron chi connectivity index (χ1n) is 4.36. The number of ether oxygens (including phenoxy) is 1. The lowest BCUT2D eigenvalue weighted by Crippen LogP contribution is -2.06. The number of hydrogen-bond acceptors (Lipinski definition) is 4. The molecule has 96 valence electrons. The second-order valence-corrected chi connectivity index (χ2v) is 4.49. The van der Waals surface area contributed by atoms with E-state index in [1.54, 1.807) is 6.07 Å². The molecule has 0 aliphatic carbocycles. The molecular formula is C10H5ClF3NO2S. The fourth-order valence-electron chi connectivity index (χ4n) is 1.13. The topological polar surface area (TPSA) is 50.1 Å². The Bertz CT molecular complexity index is 525. The number of esters is 1. The van der Waals surface area contributed by atoms with E-state index < -0.39 is 23.2 Å². The predicted molar refractivity (Wildman–Crippen MR) is 59.4 cm³/mol. The standard InChI is InChI=1S/C10H5ClF3NO2S/c1-17-9(16)6-3-7(11)8(2-5(6)4-15)18-10(12,13)14/h2-3H,1H3. The Morgan fingerprint density at radius 1 is 1.50 bits per heavy atom. The van der Waals surface area contributed by atoms with E-state index in [2.05, 4.69) is 4.74 Å². The van der Waals surface area contributed by atoms with Crippen molar-refractivity contribution in [1.82, 2.24) is 0 Å².